The van der Waals surface area contributed by atoms with Crippen molar-refractivity contribution in [2.45, 2.75) is 38.6 Å². The van der Waals surface area contributed by atoms with Crippen LogP contribution < -0.4 is 0 Å². The van der Waals surface area contributed by atoms with Crippen LogP contribution in [0.1, 0.15) is 37.9 Å². The molecule has 1 saturated heterocycles. The summed E-state index contributed by atoms with van der Waals surface area (Å²) in [5, 5.41) is 0.581. The van der Waals surface area contributed by atoms with Crippen molar-refractivity contribution in [3.63, 3.8) is 0 Å². The van der Waals surface area contributed by atoms with E-state index in [2.05, 4.69) is 16.5 Å². The molecule has 2 heterocycles. The molecule has 3 rings (SSSR count). The molecule has 1 fully saturated rings. The van der Waals surface area contributed by atoms with Gasteiger partial charge in [0.25, 0.3) is 0 Å². The lowest BCUT2D eigenvalue weighted by atomic mass is 9.82. The molecule has 0 amide bonds. The number of aromatic nitrogens is 2. The largest absolute Gasteiger partial charge is 0.381 e. The van der Waals surface area contributed by atoms with Crippen LogP contribution in [0.4, 0.5) is 0 Å². The number of rotatable bonds is 3. The summed E-state index contributed by atoms with van der Waals surface area (Å²) in [5.41, 5.74) is 2.25. The highest BCUT2D eigenvalue weighted by Gasteiger charge is 2.30. The van der Waals surface area contributed by atoms with Gasteiger partial charge in [0.05, 0.1) is 16.4 Å². The molecular formula is C16H20Cl2N2O. The molecular weight excluding hydrogens is 307 g/mol. The quantitative estimate of drug-likeness (QED) is 0.757. The van der Waals surface area contributed by atoms with Crippen molar-refractivity contribution in [1.82, 2.24) is 9.55 Å². The summed E-state index contributed by atoms with van der Waals surface area (Å²) in [6.45, 7) is 6.87. The van der Waals surface area contributed by atoms with Gasteiger partial charge in [-0.05, 0) is 43.4 Å². The summed E-state index contributed by atoms with van der Waals surface area (Å²) < 4.78 is 7.76. The highest BCUT2D eigenvalue weighted by molar-refractivity contribution is 6.31. The third-order valence-electron chi connectivity index (χ3n) is 4.34. The standard InChI is InChI=1S/C16H20Cl2N2O/c1-11(17)15-19-13-9-12(18)3-4-14(13)20(15)10-16(2)5-7-21-8-6-16/h3-4,9,11H,5-8,10H2,1-2H3. The van der Waals surface area contributed by atoms with E-state index in [0.717, 1.165) is 49.5 Å². The van der Waals surface area contributed by atoms with Gasteiger partial charge in [0, 0.05) is 24.8 Å². The van der Waals surface area contributed by atoms with E-state index in [1.165, 1.54) is 0 Å². The highest BCUT2D eigenvalue weighted by Crippen LogP contribution is 2.35. The van der Waals surface area contributed by atoms with E-state index < -0.39 is 0 Å². The Balaban J connectivity index is 2.04. The molecule has 1 atom stereocenters. The zero-order chi connectivity index (χ0) is 15.0. The molecule has 0 aliphatic carbocycles. The topological polar surface area (TPSA) is 27.1 Å². The van der Waals surface area contributed by atoms with Crippen molar-refractivity contribution in [2.24, 2.45) is 5.41 Å². The first kappa shape index (κ1) is 15.1. The molecule has 1 aliphatic heterocycles. The highest BCUT2D eigenvalue weighted by atomic mass is 35.5. The second-order valence-corrected chi connectivity index (χ2v) is 7.32. The van der Waals surface area contributed by atoms with Gasteiger partial charge in [0.2, 0.25) is 0 Å². The summed E-state index contributed by atoms with van der Waals surface area (Å²) in [6, 6.07) is 5.86. The lowest BCUT2D eigenvalue weighted by Gasteiger charge is -2.34. The van der Waals surface area contributed by atoms with Crippen molar-refractivity contribution in [3.8, 4) is 0 Å². The maximum absolute atomic E-state index is 6.34. The maximum Gasteiger partial charge on any atom is 0.127 e. The number of halogens is 2. The van der Waals surface area contributed by atoms with Crippen molar-refractivity contribution in [1.29, 1.82) is 0 Å². The van der Waals surface area contributed by atoms with Crippen LogP contribution in [0.15, 0.2) is 18.2 Å². The minimum absolute atomic E-state index is 0.125. The van der Waals surface area contributed by atoms with Crippen molar-refractivity contribution in [3.05, 3.63) is 29.0 Å². The summed E-state index contributed by atoms with van der Waals surface area (Å²) >= 11 is 12.4. The van der Waals surface area contributed by atoms with Crippen LogP contribution in [0.3, 0.4) is 0 Å². The Labute approximate surface area is 135 Å². The second kappa shape index (κ2) is 5.79. The lowest BCUT2D eigenvalue weighted by molar-refractivity contribution is 0.0157. The zero-order valence-corrected chi connectivity index (χ0v) is 13.9. The van der Waals surface area contributed by atoms with Gasteiger partial charge in [-0.3, -0.25) is 0 Å². The van der Waals surface area contributed by atoms with Gasteiger partial charge in [-0.15, -0.1) is 11.6 Å². The SMILES string of the molecule is CC(Cl)c1nc2cc(Cl)ccc2n1CC1(C)CCOCC1. The van der Waals surface area contributed by atoms with Gasteiger partial charge in [-0.2, -0.15) is 0 Å². The van der Waals surface area contributed by atoms with Gasteiger partial charge in [0.15, 0.2) is 0 Å². The van der Waals surface area contributed by atoms with Crippen LogP contribution in [0.25, 0.3) is 11.0 Å². The van der Waals surface area contributed by atoms with E-state index in [9.17, 15) is 0 Å². The van der Waals surface area contributed by atoms with E-state index in [0.29, 0.717) is 5.02 Å². The first-order valence-corrected chi connectivity index (χ1v) is 8.17. The number of alkyl halides is 1. The van der Waals surface area contributed by atoms with E-state index in [-0.39, 0.29) is 10.8 Å². The number of hydrogen-bond acceptors (Lipinski definition) is 2. The zero-order valence-electron chi connectivity index (χ0n) is 12.4. The number of imidazole rings is 1. The summed E-state index contributed by atoms with van der Waals surface area (Å²) in [7, 11) is 0. The van der Waals surface area contributed by atoms with Crippen molar-refractivity contribution < 1.29 is 4.74 Å². The summed E-state index contributed by atoms with van der Waals surface area (Å²) in [4.78, 5) is 4.68. The molecule has 1 aliphatic rings. The Bertz CT molecular complexity index is 645. The molecule has 0 spiro atoms. The molecule has 21 heavy (non-hydrogen) atoms. The van der Waals surface area contributed by atoms with Gasteiger partial charge < -0.3 is 9.30 Å². The fourth-order valence-electron chi connectivity index (χ4n) is 3.00. The van der Waals surface area contributed by atoms with Crippen molar-refractivity contribution >= 4 is 34.2 Å². The molecule has 1 aromatic carbocycles. The van der Waals surface area contributed by atoms with Crippen LogP contribution >= 0.6 is 23.2 Å². The van der Waals surface area contributed by atoms with Gasteiger partial charge in [-0.25, -0.2) is 4.98 Å². The molecule has 5 heteroatoms. The minimum atomic E-state index is -0.125. The Morgan fingerprint density at radius 1 is 1.38 bits per heavy atom. The molecule has 114 valence electrons. The molecule has 0 radical (unpaired) electrons. The Kier molecular flexibility index (Phi) is 4.17. The minimum Gasteiger partial charge on any atom is -0.381 e. The molecule has 1 unspecified atom stereocenters. The molecule has 0 saturated carbocycles. The van der Waals surface area contributed by atoms with E-state index in [1.54, 1.807) is 0 Å². The molecule has 2 aromatic rings. The number of fused-ring (bicyclic) bond motifs is 1. The summed E-state index contributed by atoms with van der Waals surface area (Å²) in [5.74, 6) is 0.918. The predicted molar refractivity (Wildman–Crippen MR) is 87.2 cm³/mol. The average Bonchev–Trinajstić information content (AvgIpc) is 2.77. The van der Waals surface area contributed by atoms with Crippen LogP contribution in [-0.2, 0) is 11.3 Å². The molecule has 0 bridgehead atoms. The Morgan fingerprint density at radius 2 is 2.10 bits per heavy atom. The van der Waals surface area contributed by atoms with Crippen LogP contribution in [0, 0.1) is 5.41 Å². The fraction of sp³-hybridized carbons (Fsp3) is 0.562. The van der Waals surface area contributed by atoms with Gasteiger partial charge >= 0.3 is 0 Å². The second-order valence-electron chi connectivity index (χ2n) is 6.23. The number of ether oxygens (including phenoxy) is 1. The molecule has 1 aromatic heterocycles. The van der Waals surface area contributed by atoms with Crippen LogP contribution in [-0.4, -0.2) is 22.8 Å². The predicted octanol–water partition coefficient (Wildman–Crippen LogP) is 4.81. The van der Waals surface area contributed by atoms with E-state index >= 15 is 0 Å². The third kappa shape index (κ3) is 3.05. The van der Waals surface area contributed by atoms with E-state index in [1.807, 2.05) is 25.1 Å². The number of nitrogens with zero attached hydrogens (tertiary/aromatic N) is 2. The van der Waals surface area contributed by atoms with Crippen LogP contribution in [0.2, 0.25) is 5.02 Å². The maximum atomic E-state index is 6.34. The monoisotopic (exact) mass is 326 g/mol. The van der Waals surface area contributed by atoms with Crippen molar-refractivity contribution in [2.75, 3.05) is 13.2 Å². The van der Waals surface area contributed by atoms with E-state index in [4.69, 9.17) is 27.9 Å². The smallest absolute Gasteiger partial charge is 0.127 e. The third-order valence-corrected chi connectivity index (χ3v) is 4.77. The molecule has 3 nitrogen and oxygen atoms in total. The van der Waals surface area contributed by atoms with Crippen LogP contribution in [0.5, 0.6) is 0 Å². The lowest BCUT2D eigenvalue weighted by Crippen LogP contribution is -2.31. The number of benzene rings is 1. The molecule has 0 N–H and O–H groups in total. The Hall–Kier alpha value is -0.770. The normalized spacial score (nSPS) is 19.8. The van der Waals surface area contributed by atoms with Gasteiger partial charge in [-0.1, -0.05) is 18.5 Å². The summed E-state index contributed by atoms with van der Waals surface area (Å²) in [6.07, 6.45) is 2.13. The fourth-order valence-corrected chi connectivity index (χ4v) is 3.33. The number of hydrogen-bond donors (Lipinski definition) is 0. The average molecular weight is 327 g/mol. The first-order chi connectivity index (χ1) is 9.98. The Morgan fingerprint density at radius 3 is 2.76 bits per heavy atom. The van der Waals surface area contributed by atoms with Gasteiger partial charge in [0.1, 0.15) is 5.82 Å². The first-order valence-electron chi connectivity index (χ1n) is 7.36.